The lowest BCUT2D eigenvalue weighted by atomic mass is 10.0. The minimum absolute atomic E-state index is 0.196. The first-order valence-corrected chi connectivity index (χ1v) is 4.87. The Kier molecular flexibility index (Phi) is 1.76. The van der Waals surface area contributed by atoms with Crippen molar-refractivity contribution in [3.8, 4) is 0 Å². The summed E-state index contributed by atoms with van der Waals surface area (Å²) in [5.41, 5.74) is 5.80. The number of aromatic nitrogens is 1. The van der Waals surface area contributed by atoms with E-state index in [2.05, 4.69) is 4.98 Å². The van der Waals surface area contributed by atoms with E-state index in [0.717, 1.165) is 18.5 Å². The smallest absolute Gasteiger partial charge is 0.317 e. The number of nitrogen functional groups attached to an aromatic ring is 1. The average molecular weight is 198 g/mol. The predicted octanol–water partition coefficient (Wildman–Crippen LogP) is 0.930. The Labute approximate surface area is 79.7 Å². The fourth-order valence-corrected chi connectivity index (χ4v) is 2.05. The van der Waals surface area contributed by atoms with Gasteiger partial charge in [0.05, 0.1) is 12.8 Å². The van der Waals surface area contributed by atoms with Crippen molar-refractivity contribution in [1.29, 1.82) is 0 Å². The molecule has 1 aromatic rings. The van der Waals surface area contributed by atoms with Gasteiger partial charge in [-0.1, -0.05) is 0 Å². The van der Waals surface area contributed by atoms with Crippen LogP contribution in [0, 0.1) is 0 Å². The van der Waals surface area contributed by atoms with Gasteiger partial charge in [-0.2, -0.15) is 0 Å². The van der Waals surface area contributed by atoms with Crippen LogP contribution in [0.2, 0.25) is 0 Å². The van der Waals surface area contributed by atoms with Gasteiger partial charge in [0.25, 0.3) is 0 Å². The molecule has 0 spiro atoms. The first kappa shape index (κ1) is 8.50. The van der Waals surface area contributed by atoms with Gasteiger partial charge in [-0.3, -0.25) is 4.79 Å². The molecule has 0 bridgehead atoms. The Morgan fingerprint density at radius 2 is 2.46 bits per heavy atom. The maximum atomic E-state index is 11.4. The molecule has 0 unspecified atom stereocenters. The van der Waals surface area contributed by atoms with Crippen LogP contribution >= 0.6 is 11.3 Å². The van der Waals surface area contributed by atoms with E-state index in [0.29, 0.717) is 5.13 Å². The summed E-state index contributed by atoms with van der Waals surface area (Å²) in [6.45, 7) is 0. The van der Waals surface area contributed by atoms with E-state index in [1.165, 1.54) is 18.4 Å². The number of nitrogens with zero attached hydrogens (tertiary/aromatic N) is 1. The molecule has 1 fully saturated rings. The van der Waals surface area contributed by atoms with Crippen molar-refractivity contribution in [2.45, 2.75) is 18.3 Å². The van der Waals surface area contributed by atoms with Crippen LogP contribution in [0.5, 0.6) is 0 Å². The van der Waals surface area contributed by atoms with Gasteiger partial charge in [0.2, 0.25) is 0 Å². The third-order valence-corrected chi connectivity index (χ3v) is 3.01. The van der Waals surface area contributed by atoms with Gasteiger partial charge in [-0.25, -0.2) is 4.98 Å². The van der Waals surface area contributed by atoms with Crippen molar-refractivity contribution in [3.63, 3.8) is 0 Å². The summed E-state index contributed by atoms with van der Waals surface area (Å²) in [6.07, 6.45) is 1.64. The van der Waals surface area contributed by atoms with E-state index in [-0.39, 0.29) is 5.97 Å². The zero-order valence-corrected chi connectivity index (χ0v) is 8.06. The van der Waals surface area contributed by atoms with Crippen LogP contribution in [-0.2, 0) is 14.9 Å². The number of ether oxygens (including phenoxy) is 1. The van der Waals surface area contributed by atoms with Gasteiger partial charge in [0.1, 0.15) is 5.41 Å². The zero-order valence-electron chi connectivity index (χ0n) is 7.24. The molecule has 0 amide bonds. The maximum Gasteiger partial charge on any atom is 0.317 e. The van der Waals surface area contributed by atoms with Crippen molar-refractivity contribution in [1.82, 2.24) is 4.98 Å². The van der Waals surface area contributed by atoms with Gasteiger partial charge >= 0.3 is 5.97 Å². The highest BCUT2D eigenvalue weighted by atomic mass is 32.1. The van der Waals surface area contributed by atoms with E-state index in [9.17, 15) is 4.79 Å². The SMILES string of the molecule is COC(=O)C1(c2csc(N)n2)CC1. The second-order valence-corrected chi connectivity index (χ2v) is 4.03. The number of anilines is 1. The molecule has 5 heteroatoms. The molecule has 1 heterocycles. The van der Waals surface area contributed by atoms with Gasteiger partial charge in [-0.05, 0) is 12.8 Å². The number of thiazole rings is 1. The Morgan fingerprint density at radius 3 is 2.85 bits per heavy atom. The molecule has 1 aliphatic rings. The molecule has 0 saturated heterocycles. The van der Waals surface area contributed by atoms with Gasteiger partial charge in [0.15, 0.2) is 5.13 Å². The molecule has 1 aromatic heterocycles. The molecule has 70 valence electrons. The van der Waals surface area contributed by atoms with Crippen LogP contribution < -0.4 is 5.73 Å². The lowest BCUT2D eigenvalue weighted by Crippen LogP contribution is -2.22. The molecule has 0 aromatic carbocycles. The molecule has 0 aliphatic heterocycles. The second kappa shape index (κ2) is 2.70. The Hall–Kier alpha value is -1.10. The van der Waals surface area contributed by atoms with Crippen LogP contribution in [0.3, 0.4) is 0 Å². The molecule has 2 rings (SSSR count). The fourth-order valence-electron chi connectivity index (χ4n) is 1.39. The quantitative estimate of drug-likeness (QED) is 0.718. The van der Waals surface area contributed by atoms with Gasteiger partial charge in [0, 0.05) is 5.38 Å². The molecule has 1 aliphatic carbocycles. The number of carbonyl (C=O) groups is 1. The number of carbonyl (C=O) groups excluding carboxylic acids is 1. The van der Waals surface area contributed by atoms with Crippen LogP contribution in [0.15, 0.2) is 5.38 Å². The zero-order chi connectivity index (χ0) is 9.47. The molecular formula is C8H10N2O2S. The van der Waals surface area contributed by atoms with Crippen LogP contribution in [0.4, 0.5) is 5.13 Å². The predicted molar refractivity (Wildman–Crippen MR) is 49.5 cm³/mol. The molecule has 4 nitrogen and oxygen atoms in total. The largest absolute Gasteiger partial charge is 0.468 e. The highest BCUT2D eigenvalue weighted by Crippen LogP contribution is 2.49. The van der Waals surface area contributed by atoms with Crippen molar-refractivity contribution >= 4 is 22.4 Å². The number of nitrogens with two attached hydrogens (primary N) is 1. The van der Waals surface area contributed by atoms with E-state index in [4.69, 9.17) is 10.5 Å². The lowest BCUT2D eigenvalue weighted by Gasteiger charge is -2.08. The summed E-state index contributed by atoms with van der Waals surface area (Å²) >= 11 is 1.36. The molecule has 0 radical (unpaired) electrons. The van der Waals surface area contributed by atoms with Gasteiger partial charge < -0.3 is 10.5 Å². The fraction of sp³-hybridized carbons (Fsp3) is 0.500. The summed E-state index contributed by atoms with van der Waals surface area (Å²) < 4.78 is 4.73. The Morgan fingerprint density at radius 1 is 1.77 bits per heavy atom. The van der Waals surface area contributed by atoms with Crippen molar-refractivity contribution in [2.75, 3.05) is 12.8 Å². The first-order chi connectivity index (χ1) is 6.19. The summed E-state index contributed by atoms with van der Waals surface area (Å²) in [4.78, 5) is 15.5. The third kappa shape index (κ3) is 1.19. The lowest BCUT2D eigenvalue weighted by molar-refractivity contribution is -0.143. The van der Waals surface area contributed by atoms with Crippen LogP contribution in [0.25, 0.3) is 0 Å². The minimum atomic E-state index is -0.469. The average Bonchev–Trinajstić information content (AvgIpc) is 2.83. The molecule has 13 heavy (non-hydrogen) atoms. The van der Waals surface area contributed by atoms with Crippen molar-refractivity contribution in [2.24, 2.45) is 0 Å². The number of hydrogen-bond donors (Lipinski definition) is 1. The van der Waals surface area contributed by atoms with Crippen LogP contribution in [0.1, 0.15) is 18.5 Å². The normalized spacial score (nSPS) is 18.2. The molecule has 0 atom stereocenters. The standard InChI is InChI=1S/C8H10N2O2S/c1-12-6(11)8(2-3-8)5-4-13-7(9)10-5/h4H,2-3H2,1H3,(H2,9,10). The minimum Gasteiger partial charge on any atom is -0.468 e. The van der Waals surface area contributed by atoms with E-state index >= 15 is 0 Å². The second-order valence-electron chi connectivity index (χ2n) is 3.14. The summed E-state index contributed by atoms with van der Waals surface area (Å²) in [5.74, 6) is -0.196. The highest BCUT2D eigenvalue weighted by molar-refractivity contribution is 7.13. The van der Waals surface area contributed by atoms with E-state index in [1.807, 2.05) is 5.38 Å². The molecular weight excluding hydrogens is 188 g/mol. The topological polar surface area (TPSA) is 65.2 Å². The number of esters is 1. The van der Waals surface area contributed by atoms with Crippen LogP contribution in [-0.4, -0.2) is 18.1 Å². The summed E-state index contributed by atoms with van der Waals surface area (Å²) in [7, 11) is 1.40. The molecule has 1 saturated carbocycles. The monoisotopic (exact) mass is 198 g/mol. The highest BCUT2D eigenvalue weighted by Gasteiger charge is 2.54. The molecule has 2 N–H and O–H groups in total. The summed E-state index contributed by atoms with van der Waals surface area (Å²) in [5, 5.41) is 2.34. The van der Waals surface area contributed by atoms with E-state index < -0.39 is 5.41 Å². The van der Waals surface area contributed by atoms with Gasteiger partial charge in [-0.15, -0.1) is 11.3 Å². The third-order valence-electron chi connectivity index (χ3n) is 2.34. The number of methoxy groups -OCH3 is 1. The summed E-state index contributed by atoms with van der Waals surface area (Å²) in [6, 6.07) is 0. The van der Waals surface area contributed by atoms with Crippen molar-refractivity contribution < 1.29 is 9.53 Å². The number of rotatable bonds is 2. The maximum absolute atomic E-state index is 11.4. The van der Waals surface area contributed by atoms with Crippen molar-refractivity contribution in [3.05, 3.63) is 11.1 Å². The Balaban J connectivity index is 2.30. The Bertz CT molecular complexity index is 344. The first-order valence-electron chi connectivity index (χ1n) is 3.99. The van der Waals surface area contributed by atoms with E-state index in [1.54, 1.807) is 0 Å². The number of hydrogen-bond acceptors (Lipinski definition) is 5.